The lowest BCUT2D eigenvalue weighted by Crippen LogP contribution is -2.40. The number of pyridine rings is 2. The summed E-state index contributed by atoms with van der Waals surface area (Å²) in [6.45, 7) is 4.92. The van der Waals surface area contributed by atoms with Crippen molar-refractivity contribution in [1.29, 1.82) is 0 Å². The van der Waals surface area contributed by atoms with Crippen LogP contribution in [0.25, 0.3) is 28.1 Å². The molecule has 0 unspecified atom stereocenters. The van der Waals surface area contributed by atoms with Crippen molar-refractivity contribution >= 4 is 28.5 Å². The van der Waals surface area contributed by atoms with Crippen molar-refractivity contribution < 1.29 is 14.3 Å². The van der Waals surface area contributed by atoms with E-state index < -0.39 is 0 Å². The smallest absolute Gasteiger partial charge is 0.254 e. The molecule has 4 aromatic rings. The maximum absolute atomic E-state index is 13.8. The zero-order chi connectivity index (χ0) is 30.7. The second kappa shape index (κ2) is 11.2. The Kier molecular flexibility index (Phi) is 7.35. The number of nitrogens with zero attached hydrogens (tertiary/aromatic N) is 6. The second-order valence-electron chi connectivity index (χ2n) is 13.0. The number of aryl methyl sites for hydroxylation is 2. The van der Waals surface area contributed by atoms with Gasteiger partial charge in [0.1, 0.15) is 17.0 Å². The van der Waals surface area contributed by atoms with Crippen LogP contribution in [-0.4, -0.2) is 72.8 Å². The molecule has 4 aromatic heterocycles. The minimum atomic E-state index is -0.126. The van der Waals surface area contributed by atoms with Crippen molar-refractivity contribution in [2.75, 3.05) is 14.2 Å². The van der Waals surface area contributed by atoms with Crippen LogP contribution in [0.1, 0.15) is 92.5 Å². The third-order valence-electron chi connectivity index (χ3n) is 10.4. The summed E-state index contributed by atoms with van der Waals surface area (Å²) in [5.41, 5.74) is 12.2. The van der Waals surface area contributed by atoms with Crippen LogP contribution in [-0.2, 0) is 11.3 Å². The van der Waals surface area contributed by atoms with E-state index in [4.69, 9.17) is 20.4 Å². The SMILES string of the molecule is COc1cc(C(=O)N2[C@H]3CC[C@@H]2[C@H](N)C3)cc2nc(-c3cc4ccc5nc4n3CCCCCCCC(=O)N(C)[C@@H]5C)c(C)n12. The van der Waals surface area contributed by atoms with E-state index in [2.05, 4.69) is 23.6 Å². The van der Waals surface area contributed by atoms with Gasteiger partial charge in [-0.2, -0.15) is 0 Å². The van der Waals surface area contributed by atoms with Gasteiger partial charge in [-0.25, -0.2) is 9.97 Å². The van der Waals surface area contributed by atoms with Gasteiger partial charge in [0, 0.05) is 55.2 Å². The number of carbonyl (C=O) groups is 2. The van der Waals surface area contributed by atoms with E-state index in [1.165, 1.54) is 0 Å². The van der Waals surface area contributed by atoms with Crippen molar-refractivity contribution in [1.82, 2.24) is 28.7 Å². The molecule has 0 spiro atoms. The molecule has 7 heterocycles. The van der Waals surface area contributed by atoms with Crippen LogP contribution in [0.5, 0.6) is 5.88 Å². The number of nitrogens with two attached hydrogens (primary N) is 1. The van der Waals surface area contributed by atoms with Gasteiger partial charge < -0.3 is 24.8 Å². The fraction of sp³-hybridized carbons (Fsp3) is 0.529. The molecule has 2 saturated heterocycles. The van der Waals surface area contributed by atoms with Crippen LogP contribution in [0.3, 0.4) is 0 Å². The molecule has 0 radical (unpaired) electrons. The summed E-state index contributed by atoms with van der Waals surface area (Å²) in [6.07, 6.45) is 8.62. The number of hydrogen-bond donors (Lipinski definition) is 1. The zero-order valence-corrected chi connectivity index (χ0v) is 26.3. The summed E-state index contributed by atoms with van der Waals surface area (Å²) in [5, 5.41) is 1.04. The van der Waals surface area contributed by atoms with E-state index in [1.807, 2.05) is 46.4 Å². The summed E-state index contributed by atoms with van der Waals surface area (Å²) in [7, 11) is 3.52. The Hall–Kier alpha value is -3.92. The van der Waals surface area contributed by atoms with Gasteiger partial charge in [0.2, 0.25) is 5.91 Å². The molecule has 232 valence electrons. The molecule has 0 saturated carbocycles. The second-order valence-corrected chi connectivity index (χ2v) is 13.0. The zero-order valence-electron chi connectivity index (χ0n) is 26.3. The first-order valence-electron chi connectivity index (χ1n) is 16.2. The minimum absolute atomic E-state index is 0.00465. The highest BCUT2D eigenvalue weighted by Gasteiger charge is 2.47. The standard InChI is InChI=1S/C34H43N7O3/c1-20-26-13-11-22-16-28(39(33(22)36-26)15-9-7-5-6-8-10-30(42)38(20)3)32-21(2)40-29(37-32)17-23(18-31(40)44-4)34(43)41-24-12-14-27(41)25(35)19-24/h11,13,16-18,20,24-25,27H,5-10,12,14-15,19,35H2,1-4H3/t20-,24+,25-,27-/m1/s1. The largest absolute Gasteiger partial charge is 0.482 e. The fourth-order valence-electron chi connectivity index (χ4n) is 7.76. The Morgan fingerprint density at radius 2 is 1.84 bits per heavy atom. The van der Waals surface area contributed by atoms with Crippen LogP contribution in [0.2, 0.25) is 0 Å². The van der Waals surface area contributed by atoms with Crippen molar-refractivity contribution in [2.24, 2.45) is 5.73 Å². The number of fused-ring (bicyclic) bond motifs is 4. The average molecular weight is 598 g/mol. The highest BCUT2D eigenvalue weighted by atomic mass is 16.5. The quantitative estimate of drug-likeness (QED) is 0.346. The molecule has 4 bridgehead atoms. The number of hydrogen-bond acceptors (Lipinski definition) is 6. The number of ether oxygens (including phenoxy) is 1. The van der Waals surface area contributed by atoms with Crippen LogP contribution in [0, 0.1) is 6.92 Å². The van der Waals surface area contributed by atoms with Gasteiger partial charge in [0.25, 0.3) is 5.91 Å². The highest BCUT2D eigenvalue weighted by molar-refractivity contribution is 5.97. The van der Waals surface area contributed by atoms with Crippen LogP contribution in [0.15, 0.2) is 30.3 Å². The first kappa shape index (κ1) is 28.8. The van der Waals surface area contributed by atoms with E-state index in [1.54, 1.807) is 7.11 Å². The number of methoxy groups -OCH3 is 1. The molecule has 3 aliphatic heterocycles. The summed E-state index contributed by atoms with van der Waals surface area (Å²) >= 11 is 0. The number of carbonyl (C=O) groups excluding carboxylic acids is 2. The molecule has 44 heavy (non-hydrogen) atoms. The first-order valence-corrected chi connectivity index (χ1v) is 16.2. The predicted molar refractivity (Wildman–Crippen MR) is 170 cm³/mol. The number of amides is 2. The normalized spacial score (nSPS) is 24.5. The van der Waals surface area contributed by atoms with Gasteiger partial charge in [-0.15, -0.1) is 0 Å². The molecule has 4 atom stereocenters. The van der Waals surface area contributed by atoms with E-state index in [0.717, 1.165) is 91.7 Å². The Labute approximate surface area is 258 Å². The van der Waals surface area contributed by atoms with Gasteiger partial charge in [0.05, 0.1) is 30.2 Å². The summed E-state index contributed by atoms with van der Waals surface area (Å²) in [5.74, 6) is 0.752. The molecule has 2 N–H and O–H groups in total. The molecule has 3 aliphatic rings. The Morgan fingerprint density at radius 3 is 2.59 bits per heavy atom. The van der Waals surface area contributed by atoms with Crippen molar-refractivity contribution in [2.45, 2.75) is 102 Å². The van der Waals surface area contributed by atoms with Gasteiger partial charge in [-0.05, 0) is 70.2 Å². The summed E-state index contributed by atoms with van der Waals surface area (Å²) < 4.78 is 10.1. The molecule has 10 heteroatoms. The van der Waals surface area contributed by atoms with Crippen LogP contribution in [0.4, 0.5) is 0 Å². The maximum atomic E-state index is 13.8. The molecule has 2 amide bonds. The lowest BCUT2D eigenvalue weighted by Gasteiger charge is -2.25. The summed E-state index contributed by atoms with van der Waals surface area (Å²) in [4.78, 5) is 40.7. The Morgan fingerprint density at radius 1 is 1.05 bits per heavy atom. The number of aromatic nitrogens is 4. The molecule has 0 aliphatic carbocycles. The molecular weight excluding hydrogens is 554 g/mol. The molecule has 10 nitrogen and oxygen atoms in total. The van der Waals surface area contributed by atoms with Crippen LogP contribution >= 0.6 is 0 Å². The number of imidazole rings is 1. The topological polar surface area (TPSA) is 111 Å². The van der Waals surface area contributed by atoms with E-state index >= 15 is 0 Å². The van der Waals surface area contributed by atoms with Gasteiger partial charge >= 0.3 is 0 Å². The molecule has 2 fully saturated rings. The van der Waals surface area contributed by atoms with Crippen molar-refractivity contribution in [3.63, 3.8) is 0 Å². The Bertz CT molecular complexity index is 1760. The lowest BCUT2D eigenvalue weighted by molar-refractivity contribution is -0.132. The molecular formula is C34H43N7O3. The predicted octanol–water partition coefficient (Wildman–Crippen LogP) is 5.25. The molecule has 7 rings (SSSR count). The number of rotatable bonds is 3. The van der Waals surface area contributed by atoms with Crippen molar-refractivity contribution in [3.05, 3.63) is 47.3 Å². The van der Waals surface area contributed by atoms with Crippen molar-refractivity contribution in [3.8, 4) is 17.3 Å². The van der Waals surface area contributed by atoms with E-state index in [9.17, 15) is 9.59 Å². The Balaban J connectivity index is 1.33. The lowest BCUT2D eigenvalue weighted by atomic mass is 9.97. The highest BCUT2D eigenvalue weighted by Crippen LogP contribution is 2.39. The third-order valence-corrected chi connectivity index (χ3v) is 10.4. The van der Waals surface area contributed by atoms with E-state index in [-0.39, 0.29) is 36.0 Å². The van der Waals surface area contributed by atoms with Gasteiger partial charge in [0.15, 0.2) is 5.88 Å². The van der Waals surface area contributed by atoms with E-state index in [0.29, 0.717) is 23.5 Å². The average Bonchev–Trinajstić information content (AvgIpc) is 3.77. The summed E-state index contributed by atoms with van der Waals surface area (Å²) in [6, 6.07) is 10.3. The third kappa shape index (κ3) is 4.65. The monoisotopic (exact) mass is 597 g/mol. The minimum Gasteiger partial charge on any atom is -0.482 e. The molecule has 0 aromatic carbocycles. The van der Waals surface area contributed by atoms with Crippen LogP contribution < -0.4 is 10.5 Å². The van der Waals surface area contributed by atoms with Gasteiger partial charge in [-0.1, -0.05) is 19.3 Å². The fourth-order valence-corrected chi connectivity index (χ4v) is 7.76. The maximum Gasteiger partial charge on any atom is 0.254 e. The van der Waals surface area contributed by atoms with Gasteiger partial charge in [-0.3, -0.25) is 14.0 Å². The first-order chi connectivity index (χ1) is 21.3.